The molecule has 1 N–H and O–H groups in total. The van der Waals surface area contributed by atoms with Gasteiger partial charge in [0.2, 0.25) is 0 Å². The highest BCUT2D eigenvalue weighted by atomic mass is 14.9. The van der Waals surface area contributed by atoms with Crippen molar-refractivity contribution >= 4 is 0 Å². The van der Waals surface area contributed by atoms with Crippen LogP contribution in [0.2, 0.25) is 0 Å². The van der Waals surface area contributed by atoms with Crippen LogP contribution in [0.3, 0.4) is 0 Å². The minimum Gasteiger partial charge on any atom is -0.316 e. The van der Waals surface area contributed by atoms with Crippen LogP contribution < -0.4 is 5.32 Å². The Morgan fingerprint density at radius 1 is 1.20 bits per heavy atom. The molecule has 2 aliphatic rings. The van der Waals surface area contributed by atoms with E-state index in [-0.39, 0.29) is 0 Å². The lowest BCUT2D eigenvalue weighted by Gasteiger charge is -2.27. The summed E-state index contributed by atoms with van der Waals surface area (Å²) in [5.74, 6) is 1.65. The maximum atomic E-state index is 3.71. The molecule has 0 heterocycles. The largest absolute Gasteiger partial charge is 0.316 e. The lowest BCUT2D eigenvalue weighted by Crippen LogP contribution is -2.29. The second kappa shape index (κ2) is 4.87. The Morgan fingerprint density at radius 2 is 1.70 bits per heavy atom. The smallest absolute Gasteiger partial charge is 0.00105 e. The molecule has 1 nitrogen and oxygen atoms in total. The van der Waals surface area contributed by atoms with E-state index < -0.39 is 0 Å². The maximum Gasteiger partial charge on any atom is 0.00105 e. The molecule has 2 unspecified atom stereocenters. The molecule has 0 aromatic carbocycles. The summed E-state index contributed by atoms with van der Waals surface area (Å²) in [5.41, 5.74) is 4.81. The van der Waals surface area contributed by atoms with Crippen LogP contribution in [0, 0.1) is 28.1 Å². The Kier molecular flexibility index (Phi) is 3.91. The van der Waals surface area contributed by atoms with Gasteiger partial charge < -0.3 is 5.32 Å². The van der Waals surface area contributed by atoms with Gasteiger partial charge in [0, 0.05) is 6.54 Å². The van der Waals surface area contributed by atoms with Crippen LogP contribution in [-0.2, 0) is 0 Å². The molecule has 0 aromatic heterocycles. The number of allylic oxidation sites excluding steroid dienone is 2. The third kappa shape index (κ3) is 2.84. The Morgan fingerprint density at radius 3 is 2.10 bits per heavy atom. The fourth-order valence-corrected chi connectivity index (χ4v) is 3.83. The summed E-state index contributed by atoms with van der Waals surface area (Å²) in [6, 6.07) is 0. The number of hydrogen-bond donors (Lipinski definition) is 1. The predicted octanol–water partition coefficient (Wildman–Crippen LogP) is 5.03. The van der Waals surface area contributed by atoms with Crippen LogP contribution in [0.4, 0.5) is 0 Å². The first kappa shape index (κ1) is 16.1. The van der Waals surface area contributed by atoms with Crippen molar-refractivity contribution < 1.29 is 0 Å². The minimum absolute atomic E-state index is 0.349. The van der Waals surface area contributed by atoms with Crippen molar-refractivity contribution in [2.75, 3.05) is 13.1 Å². The van der Waals surface area contributed by atoms with Gasteiger partial charge in [-0.1, -0.05) is 59.6 Å². The SMILES string of the molecule is C/C(=C1/C(C)[C@H]1C)C(C)(C)CCNCC1(C)CC1(C)C. The maximum absolute atomic E-state index is 3.71. The van der Waals surface area contributed by atoms with Crippen molar-refractivity contribution in [2.45, 2.75) is 68.2 Å². The molecule has 2 fully saturated rings. The molecule has 1 heteroatoms. The molecule has 0 bridgehead atoms. The first-order chi connectivity index (χ1) is 9.02. The molecule has 2 aliphatic carbocycles. The summed E-state index contributed by atoms with van der Waals surface area (Å²) >= 11 is 0. The van der Waals surface area contributed by atoms with Crippen molar-refractivity contribution in [2.24, 2.45) is 28.1 Å². The van der Waals surface area contributed by atoms with E-state index in [4.69, 9.17) is 0 Å². The van der Waals surface area contributed by atoms with Gasteiger partial charge in [0.1, 0.15) is 0 Å². The van der Waals surface area contributed by atoms with Gasteiger partial charge >= 0.3 is 0 Å². The molecule has 2 rings (SSSR count). The van der Waals surface area contributed by atoms with E-state index in [2.05, 4.69) is 60.7 Å². The van der Waals surface area contributed by atoms with Crippen LogP contribution in [0.15, 0.2) is 11.1 Å². The molecule has 0 spiro atoms. The standard InChI is InChI=1S/C19H35N/c1-13-14(2)16(13)15(3)17(4,5)9-10-20-12-19(8)11-18(19,6)7/h13-14,20H,9-12H2,1-8H3/b16-15-/t13-,14?,19?/m1/s1. The summed E-state index contributed by atoms with van der Waals surface area (Å²) in [6.07, 6.45) is 2.62. The highest BCUT2D eigenvalue weighted by Crippen LogP contribution is 2.62. The molecular weight excluding hydrogens is 242 g/mol. The zero-order chi connectivity index (χ0) is 15.3. The van der Waals surface area contributed by atoms with E-state index in [0.717, 1.165) is 18.4 Å². The number of hydrogen-bond acceptors (Lipinski definition) is 1. The third-order valence-electron chi connectivity index (χ3n) is 6.85. The van der Waals surface area contributed by atoms with Crippen molar-refractivity contribution in [1.29, 1.82) is 0 Å². The number of nitrogens with one attached hydrogen (secondary N) is 1. The quantitative estimate of drug-likeness (QED) is 0.530. The molecule has 0 aromatic rings. The van der Waals surface area contributed by atoms with E-state index in [9.17, 15) is 0 Å². The van der Waals surface area contributed by atoms with Gasteiger partial charge in [-0.05, 0) is 54.4 Å². The molecule has 0 radical (unpaired) electrons. The molecular formula is C19H35N. The van der Waals surface area contributed by atoms with Crippen molar-refractivity contribution in [3.8, 4) is 0 Å². The van der Waals surface area contributed by atoms with E-state index in [1.807, 2.05) is 0 Å². The Hall–Kier alpha value is -0.300. The third-order valence-corrected chi connectivity index (χ3v) is 6.85. The van der Waals surface area contributed by atoms with Crippen LogP contribution in [0.1, 0.15) is 68.2 Å². The van der Waals surface area contributed by atoms with E-state index in [0.29, 0.717) is 16.2 Å². The zero-order valence-corrected chi connectivity index (χ0v) is 15.0. The molecule has 0 aliphatic heterocycles. The first-order valence-electron chi connectivity index (χ1n) is 8.44. The molecule has 116 valence electrons. The zero-order valence-electron chi connectivity index (χ0n) is 15.0. The van der Waals surface area contributed by atoms with Gasteiger partial charge in [-0.2, -0.15) is 0 Å². The molecule has 0 amide bonds. The van der Waals surface area contributed by atoms with Gasteiger partial charge in [0.25, 0.3) is 0 Å². The lowest BCUT2D eigenvalue weighted by molar-refractivity contribution is 0.354. The average Bonchev–Trinajstić information content (AvgIpc) is 3.08. The van der Waals surface area contributed by atoms with E-state index >= 15 is 0 Å². The monoisotopic (exact) mass is 277 g/mol. The second-order valence-corrected chi connectivity index (χ2v) is 9.09. The summed E-state index contributed by atoms with van der Waals surface area (Å²) in [4.78, 5) is 0. The fraction of sp³-hybridized carbons (Fsp3) is 0.895. The topological polar surface area (TPSA) is 12.0 Å². The van der Waals surface area contributed by atoms with Crippen LogP contribution in [0.5, 0.6) is 0 Å². The van der Waals surface area contributed by atoms with Gasteiger partial charge in [0.05, 0.1) is 0 Å². The number of rotatable bonds is 6. The van der Waals surface area contributed by atoms with Gasteiger partial charge in [0.15, 0.2) is 0 Å². The van der Waals surface area contributed by atoms with E-state index in [1.54, 1.807) is 11.1 Å². The lowest BCUT2D eigenvalue weighted by atomic mass is 9.81. The molecule has 20 heavy (non-hydrogen) atoms. The van der Waals surface area contributed by atoms with Crippen molar-refractivity contribution in [3.05, 3.63) is 11.1 Å². The molecule has 0 saturated heterocycles. The summed E-state index contributed by atoms with van der Waals surface area (Å²) in [6.45, 7) is 21.5. The average molecular weight is 277 g/mol. The summed E-state index contributed by atoms with van der Waals surface area (Å²) < 4.78 is 0. The first-order valence-corrected chi connectivity index (χ1v) is 8.44. The highest BCUT2D eigenvalue weighted by molar-refractivity contribution is 5.35. The van der Waals surface area contributed by atoms with E-state index in [1.165, 1.54) is 19.4 Å². The highest BCUT2D eigenvalue weighted by Gasteiger charge is 2.56. The van der Waals surface area contributed by atoms with Crippen molar-refractivity contribution in [1.82, 2.24) is 5.32 Å². The van der Waals surface area contributed by atoms with Crippen LogP contribution >= 0.6 is 0 Å². The Labute approximate surface area is 126 Å². The fourth-order valence-electron chi connectivity index (χ4n) is 3.83. The van der Waals surface area contributed by atoms with Crippen LogP contribution in [-0.4, -0.2) is 13.1 Å². The minimum atomic E-state index is 0.349. The summed E-state index contributed by atoms with van der Waals surface area (Å²) in [5, 5.41) is 3.71. The molecule has 3 atom stereocenters. The van der Waals surface area contributed by atoms with Gasteiger partial charge in [-0.3, -0.25) is 0 Å². The van der Waals surface area contributed by atoms with Crippen molar-refractivity contribution in [3.63, 3.8) is 0 Å². The predicted molar refractivity (Wildman–Crippen MR) is 88.8 cm³/mol. The Balaban J connectivity index is 1.78. The van der Waals surface area contributed by atoms with Gasteiger partial charge in [-0.15, -0.1) is 0 Å². The Bertz CT molecular complexity index is 405. The summed E-state index contributed by atoms with van der Waals surface area (Å²) in [7, 11) is 0. The molecule has 2 saturated carbocycles. The second-order valence-electron chi connectivity index (χ2n) is 9.09. The van der Waals surface area contributed by atoms with Crippen LogP contribution in [0.25, 0.3) is 0 Å². The normalized spacial score (nSPS) is 37.8. The van der Waals surface area contributed by atoms with Gasteiger partial charge in [-0.25, -0.2) is 0 Å².